The van der Waals surface area contributed by atoms with Gasteiger partial charge >= 0.3 is 5.97 Å². The largest absolute Gasteiger partial charge is 0.496 e. The molecule has 2 heterocycles. The summed E-state index contributed by atoms with van der Waals surface area (Å²) in [5.74, 6) is 0.649. The van der Waals surface area contributed by atoms with E-state index in [4.69, 9.17) is 9.47 Å². The molecule has 22 heavy (non-hydrogen) atoms. The molecule has 0 radical (unpaired) electrons. The second-order valence-corrected chi connectivity index (χ2v) is 5.52. The Morgan fingerprint density at radius 3 is 2.91 bits per heavy atom. The zero-order chi connectivity index (χ0) is 15.5. The quantitative estimate of drug-likeness (QED) is 0.816. The Hall–Kier alpha value is -2.30. The van der Waals surface area contributed by atoms with Crippen molar-refractivity contribution in [3.63, 3.8) is 0 Å². The maximum atomic E-state index is 11.8. The summed E-state index contributed by atoms with van der Waals surface area (Å²) in [4.78, 5) is 18.3. The smallest absolute Gasteiger partial charge is 0.310 e. The van der Waals surface area contributed by atoms with Crippen LogP contribution < -0.4 is 9.64 Å². The van der Waals surface area contributed by atoms with Gasteiger partial charge in [0.15, 0.2) is 0 Å². The number of methoxy groups -OCH3 is 2. The molecule has 1 atom stereocenters. The molecular formula is C17H20N2O3. The van der Waals surface area contributed by atoms with Crippen molar-refractivity contribution in [2.75, 3.05) is 32.2 Å². The van der Waals surface area contributed by atoms with E-state index in [1.807, 2.05) is 24.4 Å². The fourth-order valence-electron chi connectivity index (χ4n) is 3.16. The number of ether oxygens (including phenoxy) is 2. The van der Waals surface area contributed by atoms with Crippen molar-refractivity contribution < 1.29 is 14.3 Å². The number of hydrogen-bond donors (Lipinski definition) is 0. The monoisotopic (exact) mass is 300 g/mol. The lowest BCUT2D eigenvalue weighted by Crippen LogP contribution is -2.39. The first-order valence-electron chi connectivity index (χ1n) is 7.48. The van der Waals surface area contributed by atoms with Crippen LogP contribution in [0, 0.1) is 5.92 Å². The number of pyridine rings is 1. The number of hydrogen-bond acceptors (Lipinski definition) is 5. The van der Waals surface area contributed by atoms with Gasteiger partial charge in [0, 0.05) is 41.9 Å². The summed E-state index contributed by atoms with van der Waals surface area (Å²) < 4.78 is 10.3. The molecule has 0 amide bonds. The van der Waals surface area contributed by atoms with Gasteiger partial charge in [0.05, 0.1) is 20.1 Å². The standard InChI is InChI=1S/C17H20N2O3/c1-21-16-6-5-15(14-10-18-8-7-13(14)16)19-9-3-4-12(11-19)17(20)22-2/h5-8,10,12H,3-4,9,11H2,1-2H3. The van der Waals surface area contributed by atoms with Crippen molar-refractivity contribution in [2.45, 2.75) is 12.8 Å². The SMILES string of the molecule is COC(=O)C1CCCN(c2ccc(OC)c3ccncc23)C1. The lowest BCUT2D eigenvalue weighted by Gasteiger charge is -2.33. The average Bonchev–Trinajstić information content (AvgIpc) is 2.60. The zero-order valence-electron chi connectivity index (χ0n) is 12.9. The summed E-state index contributed by atoms with van der Waals surface area (Å²) >= 11 is 0. The third kappa shape index (κ3) is 2.58. The third-order valence-electron chi connectivity index (χ3n) is 4.27. The molecule has 0 N–H and O–H groups in total. The Morgan fingerprint density at radius 2 is 2.14 bits per heavy atom. The topological polar surface area (TPSA) is 51.7 Å². The highest BCUT2D eigenvalue weighted by Gasteiger charge is 2.27. The molecule has 0 aliphatic carbocycles. The number of rotatable bonds is 3. The van der Waals surface area contributed by atoms with Crippen LogP contribution in [0.2, 0.25) is 0 Å². The third-order valence-corrected chi connectivity index (χ3v) is 4.27. The number of carbonyl (C=O) groups is 1. The number of aromatic nitrogens is 1. The first-order chi connectivity index (χ1) is 10.7. The lowest BCUT2D eigenvalue weighted by atomic mass is 9.97. The van der Waals surface area contributed by atoms with Crippen LogP contribution in [0.1, 0.15) is 12.8 Å². The maximum absolute atomic E-state index is 11.8. The molecule has 0 saturated carbocycles. The fraction of sp³-hybridized carbons (Fsp3) is 0.412. The molecule has 1 aliphatic rings. The van der Waals surface area contributed by atoms with E-state index in [0.29, 0.717) is 6.54 Å². The van der Waals surface area contributed by atoms with Gasteiger partial charge < -0.3 is 14.4 Å². The molecule has 1 saturated heterocycles. The van der Waals surface area contributed by atoms with E-state index in [1.54, 1.807) is 13.3 Å². The van der Waals surface area contributed by atoms with Gasteiger partial charge in [0.25, 0.3) is 0 Å². The van der Waals surface area contributed by atoms with Crippen LogP contribution in [0.3, 0.4) is 0 Å². The van der Waals surface area contributed by atoms with Gasteiger partial charge in [-0.15, -0.1) is 0 Å². The average molecular weight is 300 g/mol. The molecule has 5 heteroatoms. The summed E-state index contributed by atoms with van der Waals surface area (Å²) in [7, 11) is 3.12. The van der Waals surface area contributed by atoms with Crippen LogP contribution >= 0.6 is 0 Å². The normalized spacial score (nSPS) is 18.3. The molecule has 3 rings (SSSR count). The van der Waals surface area contributed by atoms with Crippen molar-refractivity contribution in [3.05, 3.63) is 30.6 Å². The number of anilines is 1. The maximum Gasteiger partial charge on any atom is 0.310 e. The van der Waals surface area contributed by atoms with Gasteiger partial charge in [-0.1, -0.05) is 0 Å². The Bertz CT molecular complexity index is 687. The summed E-state index contributed by atoms with van der Waals surface area (Å²) in [6.45, 7) is 1.62. The minimum absolute atomic E-state index is 0.0624. The van der Waals surface area contributed by atoms with Crippen molar-refractivity contribution >= 4 is 22.4 Å². The molecular weight excluding hydrogens is 280 g/mol. The van der Waals surface area contributed by atoms with Crippen molar-refractivity contribution in [1.29, 1.82) is 0 Å². The Labute approximate surface area is 129 Å². The fourth-order valence-corrected chi connectivity index (χ4v) is 3.16. The van der Waals surface area contributed by atoms with E-state index in [9.17, 15) is 4.79 Å². The number of carbonyl (C=O) groups excluding carboxylic acids is 1. The number of esters is 1. The van der Waals surface area contributed by atoms with Crippen LogP contribution in [-0.2, 0) is 9.53 Å². The van der Waals surface area contributed by atoms with E-state index < -0.39 is 0 Å². The van der Waals surface area contributed by atoms with E-state index in [2.05, 4.69) is 9.88 Å². The second kappa shape index (κ2) is 6.22. The molecule has 1 aliphatic heterocycles. The van der Waals surface area contributed by atoms with Gasteiger partial charge in [-0.25, -0.2) is 0 Å². The molecule has 1 unspecified atom stereocenters. The van der Waals surface area contributed by atoms with Crippen LogP contribution in [-0.4, -0.2) is 38.3 Å². The molecule has 5 nitrogen and oxygen atoms in total. The highest BCUT2D eigenvalue weighted by molar-refractivity contribution is 5.97. The van der Waals surface area contributed by atoms with Gasteiger partial charge in [-0.3, -0.25) is 9.78 Å². The van der Waals surface area contributed by atoms with Crippen molar-refractivity contribution in [1.82, 2.24) is 4.98 Å². The van der Waals surface area contributed by atoms with E-state index >= 15 is 0 Å². The summed E-state index contributed by atoms with van der Waals surface area (Å²) in [5, 5.41) is 2.09. The highest BCUT2D eigenvalue weighted by Crippen LogP contribution is 2.35. The predicted molar refractivity (Wildman–Crippen MR) is 85.2 cm³/mol. The summed E-state index contributed by atoms with van der Waals surface area (Å²) in [6, 6.07) is 5.97. The van der Waals surface area contributed by atoms with E-state index in [-0.39, 0.29) is 11.9 Å². The Kier molecular flexibility index (Phi) is 4.13. The van der Waals surface area contributed by atoms with E-state index in [0.717, 1.165) is 41.6 Å². The molecule has 116 valence electrons. The van der Waals surface area contributed by atoms with Crippen LogP contribution in [0.25, 0.3) is 10.8 Å². The second-order valence-electron chi connectivity index (χ2n) is 5.52. The van der Waals surface area contributed by atoms with Gasteiger partial charge in [0.2, 0.25) is 0 Å². The number of fused-ring (bicyclic) bond motifs is 1. The lowest BCUT2D eigenvalue weighted by molar-refractivity contribution is -0.145. The summed E-state index contributed by atoms with van der Waals surface area (Å²) in [6.07, 6.45) is 5.49. The minimum atomic E-state index is -0.124. The first kappa shape index (κ1) is 14.6. The van der Waals surface area contributed by atoms with Crippen molar-refractivity contribution in [3.8, 4) is 5.75 Å². The molecule has 1 fully saturated rings. The van der Waals surface area contributed by atoms with E-state index in [1.165, 1.54) is 7.11 Å². The number of benzene rings is 1. The minimum Gasteiger partial charge on any atom is -0.496 e. The first-order valence-corrected chi connectivity index (χ1v) is 7.48. The van der Waals surface area contributed by atoms with Gasteiger partial charge in [-0.05, 0) is 31.0 Å². The summed E-state index contributed by atoms with van der Waals surface area (Å²) in [5.41, 5.74) is 1.09. The Balaban J connectivity index is 1.98. The van der Waals surface area contributed by atoms with Crippen LogP contribution in [0.4, 0.5) is 5.69 Å². The van der Waals surface area contributed by atoms with Gasteiger partial charge in [-0.2, -0.15) is 0 Å². The van der Waals surface area contributed by atoms with Crippen molar-refractivity contribution in [2.24, 2.45) is 5.92 Å². The zero-order valence-corrected chi connectivity index (χ0v) is 12.9. The molecule has 0 bridgehead atoms. The van der Waals surface area contributed by atoms with Crippen LogP contribution in [0.15, 0.2) is 30.6 Å². The van der Waals surface area contributed by atoms with Gasteiger partial charge in [0.1, 0.15) is 5.75 Å². The molecule has 1 aromatic heterocycles. The molecule has 0 spiro atoms. The Morgan fingerprint density at radius 1 is 1.27 bits per heavy atom. The molecule has 1 aromatic carbocycles. The van der Waals surface area contributed by atoms with Crippen LogP contribution in [0.5, 0.6) is 5.75 Å². The highest BCUT2D eigenvalue weighted by atomic mass is 16.5. The molecule has 2 aromatic rings. The number of piperidine rings is 1. The number of nitrogens with zero attached hydrogens (tertiary/aromatic N) is 2. The predicted octanol–water partition coefficient (Wildman–Crippen LogP) is 2.63.